The average molecular weight is 427 g/mol. The molecule has 152 valence electrons. The van der Waals surface area contributed by atoms with Crippen molar-refractivity contribution in [3.05, 3.63) is 59.1 Å². The van der Waals surface area contributed by atoms with Gasteiger partial charge in [-0.3, -0.25) is 4.79 Å². The zero-order valence-corrected chi connectivity index (χ0v) is 16.8. The summed E-state index contributed by atoms with van der Waals surface area (Å²) in [5.41, 5.74) is 1.99. The summed E-state index contributed by atoms with van der Waals surface area (Å²) in [4.78, 5) is 22.9. The molecule has 0 aliphatic heterocycles. The van der Waals surface area contributed by atoms with Crippen molar-refractivity contribution in [2.45, 2.75) is 31.6 Å². The Bertz CT molecular complexity index is 1280. The third-order valence-corrected chi connectivity index (χ3v) is 5.50. The van der Waals surface area contributed by atoms with Gasteiger partial charge in [0.15, 0.2) is 11.5 Å². The van der Waals surface area contributed by atoms with Gasteiger partial charge in [-0.25, -0.2) is 14.5 Å². The molecule has 1 N–H and O–H groups in total. The maximum Gasteiger partial charge on any atom is 0.235 e. The number of anilines is 1. The minimum Gasteiger partial charge on any atom is -0.324 e. The first-order valence-corrected chi connectivity index (χ1v) is 9.59. The largest absolute Gasteiger partial charge is 0.324 e. The van der Waals surface area contributed by atoms with Crippen molar-refractivity contribution in [2.75, 3.05) is 5.32 Å². The van der Waals surface area contributed by atoms with E-state index >= 15 is 0 Å². The number of rotatable bonds is 3. The van der Waals surface area contributed by atoms with Crippen molar-refractivity contribution >= 4 is 28.8 Å². The van der Waals surface area contributed by atoms with Crippen molar-refractivity contribution in [3.8, 4) is 5.82 Å². The van der Waals surface area contributed by atoms with Crippen molar-refractivity contribution in [2.24, 2.45) is 0 Å². The fraction of sp³-hybridized carbons (Fsp3) is 0.263. The molecule has 0 radical (unpaired) electrons. The molecule has 4 aromatic rings. The van der Waals surface area contributed by atoms with Crippen LogP contribution >= 0.6 is 11.6 Å². The summed E-state index contributed by atoms with van der Waals surface area (Å²) < 4.78 is 15.2. The minimum absolute atomic E-state index is 0.224. The van der Waals surface area contributed by atoms with Gasteiger partial charge in [0.1, 0.15) is 0 Å². The molecule has 0 fully saturated rings. The van der Waals surface area contributed by atoms with Gasteiger partial charge in [-0.2, -0.15) is 14.6 Å². The van der Waals surface area contributed by atoms with E-state index < -0.39 is 11.9 Å². The highest BCUT2D eigenvalue weighted by molar-refractivity contribution is 6.32. The van der Waals surface area contributed by atoms with E-state index in [1.165, 1.54) is 34.0 Å². The SMILES string of the molecule is CC1(C)C[C@@H](C(=O)Nc2cnc(-n3nccn3)c(Cl)c2)c2cnc3cc(F)nn3c21. The van der Waals surface area contributed by atoms with Crippen molar-refractivity contribution in [3.63, 3.8) is 0 Å². The number of halogens is 2. The van der Waals surface area contributed by atoms with Gasteiger partial charge in [0.25, 0.3) is 0 Å². The molecule has 5 rings (SSSR count). The van der Waals surface area contributed by atoms with E-state index in [2.05, 4.69) is 30.6 Å². The molecule has 1 atom stereocenters. The number of hydrogen-bond donors (Lipinski definition) is 1. The number of pyridine rings is 1. The highest BCUT2D eigenvalue weighted by Gasteiger charge is 2.43. The Hall–Kier alpha value is -3.40. The predicted molar refractivity (Wildman–Crippen MR) is 106 cm³/mol. The molecule has 0 aromatic carbocycles. The van der Waals surface area contributed by atoms with E-state index in [0.717, 1.165) is 11.3 Å². The second kappa shape index (κ2) is 6.56. The monoisotopic (exact) mass is 426 g/mol. The van der Waals surface area contributed by atoms with Crippen LogP contribution in [0.4, 0.5) is 10.1 Å². The van der Waals surface area contributed by atoms with Crippen LogP contribution in [0.25, 0.3) is 11.5 Å². The Morgan fingerprint density at radius 1 is 1.23 bits per heavy atom. The van der Waals surface area contributed by atoms with Crippen LogP contribution in [0.1, 0.15) is 37.4 Å². The number of amides is 1. The summed E-state index contributed by atoms with van der Waals surface area (Å²) in [6.45, 7) is 4.00. The molecule has 0 saturated carbocycles. The molecule has 0 bridgehead atoms. The molecule has 1 aliphatic rings. The van der Waals surface area contributed by atoms with Gasteiger partial charge < -0.3 is 5.32 Å². The molecule has 11 heteroatoms. The highest BCUT2D eigenvalue weighted by Crippen LogP contribution is 2.45. The molecule has 0 unspecified atom stereocenters. The van der Waals surface area contributed by atoms with Crippen LogP contribution in [0.15, 0.2) is 36.9 Å². The lowest BCUT2D eigenvalue weighted by Gasteiger charge is -2.19. The van der Waals surface area contributed by atoms with Gasteiger partial charge in [0.05, 0.1) is 40.9 Å². The van der Waals surface area contributed by atoms with E-state index in [9.17, 15) is 9.18 Å². The molecular formula is C19H16ClFN8O. The lowest BCUT2D eigenvalue weighted by molar-refractivity contribution is -0.117. The second-order valence-electron chi connectivity index (χ2n) is 7.78. The van der Waals surface area contributed by atoms with Crippen molar-refractivity contribution in [1.29, 1.82) is 0 Å². The molecule has 9 nitrogen and oxygen atoms in total. The number of aromatic nitrogens is 7. The lowest BCUT2D eigenvalue weighted by atomic mass is 9.88. The normalized spacial score (nSPS) is 17.3. The number of carbonyl (C=O) groups excluding carboxylic acids is 1. The smallest absolute Gasteiger partial charge is 0.235 e. The first kappa shape index (κ1) is 18.6. The van der Waals surface area contributed by atoms with Gasteiger partial charge in [-0.1, -0.05) is 25.4 Å². The fourth-order valence-corrected chi connectivity index (χ4v) is 4.24. The maximum atomic E-state index is 13.7. The number of hydrogen-bond acceptors (Lipinski definition) is 6. The molecule has 1 aliphatic carbocycles. The van der Waals surface area contributed by atoms with Crippen LogP contribution in [-0.2, 0) is 10.2 Å². The van der Waals surface area contributed by atoms with Crippen LogP contribution in [0, 0.1) is 5.95 Å². The quantitative estimate of drug-likeness (QED) is 0.540. The lowest BCUT2D eigenvalue weighted by Crippen LogP contribution is -2.21. The minimum atomic E-state index is -0.605. The Balaban J connectivity index is 1.46. The van der Waals surface area contributed by atoms with E-state index in [1.807, 2.05) is 13.8 Å². The van der Waals surface area contributed by atoms with Gasteiger partial charge >= 0.3 is 0 Å². The number of fused-ring (bicyclic) bond motifs is 3. The number of nitrogens with zero attached hydrogens (tertiary/aromatic N) is 7. The molecule has 30 heavy (non-hydrogen) atoms. The summed E-state index contributed by atoms with van der Waals surface area (Å²) in [5, 5.41) is 15.1. The first-order chi connectivity index (χ1) is 14.3. The second-order valence-corrected chi connectivity index (χ2v) is 8.18. The van der Waals surface area contributed by atoms with Crippen LogP contribution < -0.4 is 5.32 Å². The van der Waals surface area contributed by atoms with E-state index in [-0.39, 0.29) is 11.3 Å². The van der Waals surface area contributed by atoms with E-state index in [4.69, 9.17) is 11.6 Å². The van der Waals surface area contributed by atoms with Gasteiger partial charge in [-0.05, 0) is 12.5 Å². The number of nitrogens with one attached hydrogen (secondary N) is 1. The Labute approximate surface area is 174 Å². The molecule has 1 amide bonds. The van der Waals surface area contributed by atoms with E-state index in [0.29, 0.717) is 28.6 Å². The molecular weight excluding hydrogens is 411 g/mol. The van der Waals surface area contributed by atoms with Gasteiger partial charge in [0.2, 0.25) is 11.9 Å². The van der Waals surface area contributed by atoms with Crippen LogP contribution in [0.5, 0.6) is 0 Å². The van der Waals surface area contributed by atoms with Crippen molar-refractivity contribution < 1.29 is 9.18 Å². The Morgan fingerprint density at radius 2 is 2.00 bits per heavy atom. The van der Waals surface area contributed by atoms with Gasteiger partial charge in [0, 0.05) is 23.2 Å². The van der Waals surface area contributed by atoms with Gasteiger partial charge in [-0.15, -0.1) is 9.90 Å². The van der Waals surface area contributed by atoms with Crippen LogP contribution in [0.3, 0.4) is 0 Å². The third-order valence-electron chi connectivity index (χ3n) is 5.23. The van der Waals surface area contributed by atoms with Crippen molar-refractivity contribution in [1.82, 2.24) is 34.6 Å². The fourth-order valence-electron chi connectivity index (χ4n) is 4.00. The summed E-state index contributed by atoms with van der Waals surface area (Å²) in [6.07, 6.45) is 6.69. The summed E-state index contributed by atoms with van der Waals surface area (Å²) in [6, 6.07) is 2.87. The Morgan fingerprint density at radius 3 is 2.73 bits per heavy atom. The summed E-state index contributed by atoms with van der Waals surface area (Å²) >= 11 is 6.29. The highest BCUT2D eigenvalue weighted by atomic mass is 35.5. The maximum absolute atomic E-state index is 13.7. The average Bonchev–Trinajstić information content (AvgIpc) is 3.39. The summed E-state index contributed by atoms with van der Waals surface area (Å²) in [7, 11) is 0. The predicted octanol–water partition coefficient (Wildman–Crippen LogP) is 2.90. The van der Waals surface area contributed by atoms with Crippen LogP contribution in [-0.4, -0.2) is 40.5 Å². The Kier molecular flexibility index (Phi) is 4.07. The zero-order valence-electron chi connectivity index (χ0n) is 16.0. The molecule has 0 spiro atoms. The molecule has 0 saturated heterocycles. The standard InChI is InChI=1S/C19H16ClFN8O/c1-19(2)7-11(12-9-22-15-6-14(21)27-28(15)16(12)19)18(30)26-10-5-13(20)17(23-8-10)29-24-3-4-25-29/h3-6,8-9,11H,7H2,1-2H3,(H,26,30)/t11-/m1/s1. The topological polar surface area (TPSA) is 103 Å². The first-order valence-electron chi connectivity index (χ1n) is 9.21. The van der Waals surface area contributed by atoms with Crippen LogP contribution in [0.2, 0.25) is 5.02 Å². The zero-order chi connectivity index (χ0) is 21.0. The number of carbonyl (C=O) groups is 1. The van der Waals surface area contributed by atoms with E-state index in [1.54, 1.807) is 12.3 Å². The molecule has 4 aromatic heterocycles. The molecule has 4 heterocycles. The summed E-state index contributed by atoms with van der Waals surface area (Å²) in [5.74, 6) is -0.935. The third kappa shape index (κ3) is 2.91.